The molecule has 1 amide bonds. The minimum atomic E-state index is -1.09. The number of nitrogens with zero attached hydrogens (tertiary/aromatic N) is 4. The Balaban J connectivity index is 1.58. The molecule has 1 saturated heterocycles. The molecule has 8 nitrogen and oxygen atoms in total. The van der Waals surface area contributed by atoms with E-state index in [0.717, 1.165) is 29.5 Å². The number of halogens is 3. The van der Waals surface area contributed by atoms with Gasteiger partial charge in [0.1, 0.15) is 33.5 Å². The number of aromatic nitrogens is 3. The lowest BCUT2D eigenvalue weighted by atomic mass is 10.1. The average molecular weight is 466 g/mol. The van der Waals surface area contributed by atoms with Crippen LogP contribution in [0.1, 0.15) is 23.3 Å². The van der Waals surface area contributed by atoms with Crippen molar-refractivity contribution in [2.45, 2.75) is 25.1 Å². The maximum absolute atomic E-state index is 14.1. The summed E-state index contributed by atoms with van der Waals surface area (Å²) >= 11 is 0.882. The van der Waals surface area contributed by atoms with Crippen molar-refractivity contribution in [3.05, 3.63) is 41.7 Å². The van der Waals surface area contributed by atoms with Crippen LogP contribution in [-0.2, 0) is 7.05 Å². The van der Waals surface area contributed by atoms with Crippen molar-refractivity contribution in [1.29, 1.82) is 0 Å². The van der Waals surface area contributed by atoms with Crippen LogP contribution in [0.4, 0.5) is 29.7 Å². The van der Waals surface area contributed by atoms with E-state index in [9.17, 15) is 18.0 Å². The molecule has 0 radical (unpaired) electrons. The van der Waals surface area contributed by atoms with E-state index in [0.29, 0.717) is 31.0 Å². The Morgan fingerprint density at radius 3 is 2.81 bits per heavy atom. The average Bonchev–Trinajstić information content (AvgIpc) is 3.27. The van der Waals surface area contributed by atoms with Gasteiger partial charge in [0.2, 0.25) is 0 Å². The van der Waals surface area contributed by atoms with Gasteiger partial charge in [0.05, 0.1) is 6.20 Å². The van der Waals surface area contributed by atoms with Gasteiger partial charge in [0.25, 0.3) is 5.91 Å². The molecule has 3 heterocycles. The number of nitrogens with one attached hydrogen (secondary N) is 1. The second kappa shape index (κ2) is 8.79. The van der Waals surface area contributed by atoms with Crippen LogP contribution >= 0.6 is 11.3 Å². The van der Waals surface area contributed by atoms with E-state index in [1.54, 1.807) is 11.7 Å². The van der Waals surface area contributed by atoms with E-state index in [1.165, 1.54) is 6.20 Å². The first-order valence-corrected chi connectivity index (χ1v) is 10.8. The Labute approximate surface area is 186 Å². The van der Waals surface area contributed by atoms with Gasteiger partial charge in [-0.05, 0) is 31.0 Å². The Hall–Kier alpha value is -3.12. The fourth-order valence-electron chi connectivity index (χ4n) is 3.65. The Morgan fingerprint density at radius 2 is 2.03 bits per heavy atom. The number of aryl methyl sites for hydroxylation is 1. The summed E-state index contributed by atoms with van der Waals surface area (Å²) in [6.07, 6.45) is 1.10. The highest BCUT2D eigenvalue weighted by molar-refractivity contribution is 7.19. The summed E-state index contributed by atoms with van der Waals surface area (Å²) in [6, 6.07) is 2.44. The van der Waals surface area contributed by atoms with Crippen LogP contribution in [0.2, 0.25) is 0 Å². The van der Waals surface area contributed by atoms with Crippen molar-refractivity contribution < 1.29 is 18.0 Å². The van der Waals surface area contributed by atoms with E-state index in [-0.39, 0.29) is 27.7 Å². The fourth-order valence-corrected chi connectivity index (χ4v) is 4.50. The van der Waals surface area contributed by atoms with E-state index >= 15 is 0 Å². The monoisotopic (exact) mass is 465 g/mol. The zero-order chi connectivity index (χ0) is 23.0. The fraction of sp³-hybridized carbons (Fsp3) is 0.350. The summed E-state index contributed by atoms with van der Waals surface area (Å²) in [5.74, 6) is -1.32. The first kappa shape index (κ1) is 22.1. The predicted molar refractivity (Wildman–Crippen MR) is 117 cm³/mol. The van der Waals surface area contributed by atoms with Crippen LogP contribution in [0.3, 0.4) is 0 Å². The molecule has 1 aliphatic heterocycles. The number of hydrogen-bond donors (Lipinski definition) is 3. The molecular weight excluding hydrogens is 443 g/mol. The molecule has 0 aliphatic carbocycles. The van der Waals surface area contributed by atoms with E-state index in [1.807, 2.05) is 4.90 Å². The van der Waals surface area contributed by atoms with Gasteiger partial charge < -0.3 is 21.7 Å². The van der Waals surface area contributed by atoms with Crippen molar-refractivity contribution in [2.24, 2.45) is 12.8 Å². The van der Waals surface area contributed by atoms with Crippen LogP contribution in [0.15, 0.2) is 24.4 Å². The number of rotatable bonds is 4. The third-order valence-corrected chi connectivity index (χ3v) is 6.27. The Kier molecular flexibility index (Phi) is 6.07. The quantitative estimate of drug-likeness (QED) is 0.546. The topological polar surface area (TPSA) is 115 Å². The van der Waals surface area contributed by atoms with Crippen molar-refractivity contribution in [3.8, 4) is 10.6 Å². The van der Waals surface area contributed by atoms with Crippen molar-refractivity contribution >= 4 is 33.8 Å². The third kappa shape index (κ3) is 4.28. The summed E-state index contributed by atoms with van der Waals surface area (Å²) in [4.78, 5) is 18.9. The number of benzene rings is 1. The molecule has 4 rings (SSSR count). The van der Waals surface area contributed by atoms with Crippen molar-refractivity contribution in [2.75, 3.05) is 29.0 Å². The number of amides is 1. The molecule has 12 heteroatoms. The number of hydrogen-bond acceptors (Lipinski definition) is 7. The van der Waals surface area contributed by atoms with Crippen LogP contribution in [0.25, 0.3) is 10.6 Å². The van der Waals surface area contributed by atoms with Gasteiger partial charge in [-0.1, -0.05) is 11.3 Å². The van der Waals surface area contributed by atoms with Crippen LogP contribution in [0, 0.1) is 11.6 Å². The molecule has 0 bridgehead atoms. The molecule has 2 atom stereocenters. The summed E-state index contributed by atoms with van der Waals surface area (Å²) in [6.45, 7) is 0.922. The molecule has 32 heavy (non-hydrogen) atoms. The summed E-state index contributed by atoms with van der Waals surface area (Å²) < 4.78 is 43.2. The molecule has 2 aromatic heterocycles. The van der Waals surface area contributed by atoms with E-state index in [2.05, 4.69) is 15.4 Å². The molecule has 3 aromatic rings. The Bertz CT molecular complexity index is 1140. The van der Waals surface area contributed by atoms with Crippen LogP contribution < -0.4 is 21.7 Å². The summed E-state index contributed by atoms with van der Waals surface area (Å²) in [5.41, 5.74) is 12.0. The summed E-state index contributed by atoms with van der Waals surface area (Å²) in [5, 5.41) is 7.08. The number of carbonyl (C=O) groups is 1. The van der Waals surface area contributed by atoms with Crippen molar-refractivity contribution in [3.63, 3.8) is 0 Å². The largest absolute Gasteiger partial charge is 0.389 e. The van der Waals surface area contributed by atoms with E-state index < -0.39 is 29.8 Å². The molecule has 1 aromatic carbocycles. The highest BCUT2D eigenvalue weighted by atomic mass is 32.1. The lowest BCUT2D eigenvalue weighted by molar-refractivity contribution is 0.102. The molecule has 5 N–H and O–H groups in total. The molecule has 0 saturated carbocycles. The second-order valence-corrected chi connectivity index (χ2v) is 8.59. The standard InChI is InChI=1S/C20H22F3N7OS/c1-29-20(30-6-4-13(23)14(24)5-7-30)15(9-26-29)27-18(31)16-17(25)32-19(28-16)11-8-10(21)2-3-12(11)22/h2-3,8-9,13-14H,4-7,24-25H2,1H3,(H,27,31)/t13-,14-/m1/s1. The van der Waals surface area contributed by atoms with Gasteiger partial charge in [-0.3, -0.25) is 9.48 Å². The van der Waals surface area contributed by atoms with Gasteiger partial charge in [0, 0.05) is 31.7 Å². The van der Waals surface area contributed by atoms with Crippen molar-refractivity contribution in [1.82, 2.24) is 14.8 Å². The van der Waals surface area contributed by atoms with Gasteiger partial charge in [0.15, 0.2) is 11.5 Å². The maximum atomic E-state index is 14.1. The number of alkyl halides is 1. The Morgan fingerprint density at radius 1 is 1.28 bits per heavy atom. The zero-order valence-corrected chi connectivity index (χ0v) is 18.0. The first-order chi connectivity index (χ1) is 15.2. The highest BCUT2D eigenvalue weighted by Gasteiger charge is 2.27. The SMILES string of the molecule is Cn1ncc(NC(=O)c2nc(-c3cc(F)ccc3F)sc2N)c1N1CC[C@@H](N)[C@H](F)CC1. The lowest BCUT2D eigenvalue weighted by Gasteiger charge is -2.24. The molecular formula is C20H22F3N7OS. The second-order valence-electron chi connectivity index (χ2n) is 7.56. The molecule has 1 fully saturated rings. The molecule has 170 valence electrons. The third-order valence-electron chi connectivity index (χ3n) is 5.35. The number of thiazole rings is 1. The van der Waals surface area contributed by atoms with Crippen LogP contribution in [-0.4, -0.2) is 46.0 Å². The van der Waals surface area contributed by atoms with Gasteiger partial charge >= 0.3 is 0 Å². The number of nitrogen functional groups attached to an aromatic ring is 1. The smallest absolute Gasteiger partial charge is 0.277 e. The molecule has 0 unspecified atom stereocenters. The maximum Gasteiger partial charge on any atom is 0.277 e. The highest BCUT2D eigenvalue weighted by Crippen LogP contribution is 2.33. The van der Waals surface area contributed by atoms with Gasteiger partial charge in [-0.25, -0.2) is 18.2 Å². The van der Waals surface area contributed by atoms with Gasteiger partial charge in [-0.2, -0.15) is 5.10 Å². The normalized spacial score (nSPS) is 19.1. The van der Waals surface area contributed by atoms with Crippen LogP contribution in [0.5, 0.6) is 0 Å². The summed E-state index contributed by atoms with van der Waals surface area (Å²) in [7, 11) is 1.71. The minimum Gasteiger partial charge on any atom is -0.389 e. The van der Waals surface area contributed by atoms with Gasteiger partial charge in [-0.15, -0.1) is 0 Å². The minimum absolute atomic E-state index is 0.0626. The number of nitrogens with two attached hydrogens (primary N) is 2. The molecule has 0 spiro atoms. The zero-order valence-electron chi connectivity index (χ0n) is 17.2. The molecule has 1 aliphatic rings. The van der Waals surface area contributed by atoms with E-state index in [4.69, 9.17) is 11.5 Å². The first-order valence-electron chi connectivity index (χ1n) is 9.94. The number of anilines is 3. The number of carbonyl (C=O) groups excluding carboxylic acids is 1. The predicted octanol–water partition coefficient (Wildman–Crippen LogP) is 2.92. The lowest BCUT2D eigenvalue weighted by Crippen LogP contribution is -2.31.